The second kappa shape index (κ2) is 9.01. The van der Waals surface area contributed by atoms with Gasteiger partial charge in [-0.3, -0.25) is 4.90 Å². The largest absolute Gasteiger partial charge is 0.492 e. The number of rotatable bonds is 5. The number of benzene rings is 2. The standard InChI is InChI=1S/C26H29N5O3/c1-30(2)25(32)34-20-7-8-23-22(15-20)21-9-11-28-26(24(21)29-23)10-12-31(17-26)13-14-33-19-5-3-18(16-27)4-6-19/h3-8,15,28-29H,9-14,17H2,1-2H3. The van der Waals surface area contributed by atoms with Gasteiger partial charge in [-0.2, -0.15) is 5.26 Å². The number of carbonyl (C=O) groups is 1. The van der Waals surface area contributed by atoms with Gasteiger partial charge in [0.1, 0.15) is 18.1 Å². The lowest BCUT2D eigenvalue weighted by atomic mass is 9.86. The van der Waals surface area contributed by atoms with E-state index in [1.807, 2.05) is 30.3 Å². The Balaban J connectivity index is 1.28. The monoisotopic (exact) mass is 459 g/mol. The highest BCUT2D eigenvalue weighted by Gasteiger charge is 2.44. The van der Waals surface area contributed by atoms with Crippen molar-refractivity contribution in [1.29, 1.82) is 5.26 Å². The molecule has 1 unspecified atom stereocenters. The first-order chi connectivity index (χ1) is 16.5. The van der Waals surface area contributed by atoms with E-state index >= 15 is 0 Å². The summed E-state index contributed by atoms with van der Waals surface area (Å²) in [6, 6.07) is 15.2. The number of likely N-dealkylation sites (tertiary alicyclic amines) is 1. The summed E-state index contributed by atoms with van der Waals surface area (Å²) in [4.78, 5) is 19.5. The number of H-pyrrole nitrogens is 1. The summed E-state index contributed by atoms with van der Waals surface area (Å²) < 4.78 is 11.4. The predicted molar refractivity (Wildman–Crippen MR) is 129 cm³/mol. The Bertz CT molecular complexity index is 1240. The van der Waals surface area contributed by atoms with Crippen LogP contribution in [0.5, 0.6) is 11.5 Å². The quantitative estimate of drug-likeness (QED) is 0.609. The molecule has 3 aromatic rings. The van der Waals surface area contributed by atoms with Crippen LogP contribution in [0.4, 0.5) is 4.79 Å². The molecule has 2 aliphatic heterocycles. The van der Waals surface area contributed by atoms with Crippen LogP contribution in [0, 0.1) is 11.3 Å². The van der Waals surface area contributed by atoms with Crippen LogP contribution < -0.4 is 14.8 Å². The Kier molecular flexibility index (Phi) is 5.90. The fourth-order valence-corrected chi connectivity index (χ4v) is 5.01. The van der Waals surface area contributed by atoms with Crippen molar-refractivity contribution >= 4 is 17.0 Å². The molecule has 0 bridgehead atoms. The maximum Gasteiger partial charge on any atom is 0.414 e. The topological polar surface area (TPSA) is 93.6 Å². The normalized spacial score (nSPS) is 19.7. The Hall–Kier alpha value is -3.54. The minimum absolute atomic E-state index is 0.110. The van der Waals surface area contributed by atoms with Crippen LogP contribution in [0.1, 0.15) is 23.2 Å². The van der Waals surface area contributed by atoms with E-state index in [-0.39, 0.29) is 11.6 Å². The minimum atomic E-state index is -0.378. The molecule has 1 amide bonds. The fourth-order valence-electron chi connectivity index (χ4n) is 5.01. The number of fused-ring (bicyclic) bond motifs is 4. The molecule has 1 saturated heterocycles. The summed E-state index contributed by atoms with van der Waals surface area (Å²) >= 11 is 0. The van der Waals surface area contributed by atoms with Gasteiger partial charge in [-0.05, 0) is 60.9 Å². The van der Waals surface area contributed by atoms with Crippen LogP contribution in [0.25, 0.3) is 10.9 Å². The summed E-state index contributed by atoms with van der Waals surface area (Å²) in [7, 11) is 3.35. The predicted octanol–water partition coefficient (Wildman–Crippen LogP) is 3.23. The average molecular weight is 460 g/mol. The maximum absolute atomic E-state index is 12.0. The Morgan fingerprint density at radius 1 is 1.21 bits per heavy atom. The SMILES string of the molecule is CN(C)C(=O)Oc1ccc2[nH]c3c(c2c1)CCNC31CCN(CCOc2ccc(C#N)cc2)C1. The number of nitrogens with one attached hydrogen (secondary N) is 2. The summed E-state index contributed by atoms with van der Waals surface area (Å²) in [6.07, 6.45) is 1.58. The average Bonchev–Trinajstić information content (AvgIpc) is 3.42. The van der Waals surface area contributed by atoms with Gasteiger partial charge in [-0.25, -0.2) is 4.79 Å². The fraction of sp³-hybridized carbons (Fsp3) is 0.385. The molecule has 1 atom stereocenters. The number of aromatic amines is 1. The molecule has 176 valence electrons. The number of aromatic nitrogens is 1. The van der Waals surface area contributed by atoms with Gasteiger partial charge >= 0.3 is 6.09 Å². The van der Waals surface area contributed by atoms with Crippen molar-refractivity contribution in [3.8, 4) is 17.6 Å². The maximum atomic E-state index is 12.0. The first kappa shape index (κ1) is 22.3. The lowest BCUT2D eigenvalue weighted by molar-refractivity contribution is 0.172. The number of hydrogen-bond donors (Lipinski definition) is 2. The molecule has 2 aromatic carbocycles. The van der Waals surface area contributed by atoms with E-state index in [1.54, 1.807) is 26.2 Å². The van der Waals surface area contributed by atoms with Crippen LogP contribution in [0.15, 0.2) is 42.5 Å². The van der Waals surface area contributed by atoms with Crippen LogP contribution in [0.2, 0.25) is 0 Å². The van der Waals surface area contributed by atoms with E-state index in [0.717, 1.165) is 55.7 Å². The highest BCUT2D eigenvalue weighted by Crippen LogP contribution is 2.40. The van der Waals surface area contributed by atoms with E-state index in [4.69, 9.17) is 14.7 Å². The molecule has 34 heavy (non-hydrogen) atoms. The molecule has 0 radical (unpaired) electrons. The molecule has 8 nitrogen and oxygen atoms in total. The third kappa shape index (κ3) is 4.20. The zero-order chi connectivity index (χ0) is 23.7. The molecule has 8 heteroatoms. The van der Waals surface area contributed by atoms with Crippen LogP contribution >= 0.6 is 0 Å². The van der Waals surface area contributed by atoms with E-state index in [1.165, 1.54) is 16.2 Å². The number of hydrogen-bond acceptors (Lipinski definition) is 6. The molecule has 1 fully saturated rings. The number of nitriles is 1. The summed E-state index contributed by atoms with van der Waals surface area (Å²) in [5.41, 5.74) is 4.16. The molecule has 2 N–H and O–H groups in total. The molecular formula is C26H29N5O3. The molecule has 3 heterocycles. The van der Waals surface area contributed by atoms with E-state index < -0.39 is 0 Å². The lowest BCUT2D eigenvalue weighted by Crippen LogP contribution is -2.49. The van der Waals surface area contributed by atoms with Crippen molar-refractivity contribution in [1.82, 2.24) is 20.1 Å². The number of amides is 1. The van der Waals surface area contributed by atoms with Crippen molar-refractivity contribution in [2.24, 2.45) is 0 Å². The van der Waals surface area contributed by atoms with Gasteiger partial charge in [0.05, 0.1) is 17.2 Å². The van der Waals surface area contributed by atoms with Gasteiger partial charge < -0.3 is 24.7 Å². The van der Waals surface area contributed by atoms with Gasteiger partial charge in [0.25, 0.3) is 0 Å². The van der Waals surface area contributed by atoms with Gasteiger partial charge in [-0.1, -0.05) is 0 Å². The van der Waals surface area contributed by atoms with Crippen molar-refractivity contribution in [3.63, 3.8) is 0 Å². The second-order valence-corrected chi connectivity index (χ2v) is 9.22. The highest BCUT2D eigenvalue weighted by atomic mass is 16.6. The zero-order valence-corrected chi connectivity index (χ0v) is 19.6. The van der Waals surface area contributed by atoms with E-state index in [9.17, 15) is 4.79 Å². The Morgan fingerprint density at radius 3 is 2.76 bits per heavy atom. The number of ether oxygens (including phenoxy) is 2. The van der Waals surface area contributed by atoms with Crippen molar-refractivity contribution in [2.45, 2.75) is 18.4 Å². The third-order valence-corrected chi connectivity index (χ3v) is 6.77. The van der Waals surface area contributed by atoms with Crippen molar-refractivity contribution in [3.05, 3.63) is 59.3 Å². The molecular weight excluding hydrogens is 430 g/mol. The molecule has 0 aliphatic carbocycles. The summed E-state index contributed by atoms with van der Waals surface area (Å²) in [6.45, 7) is 4.25. The smallest absolute Gasteiger partial charge is 0.414 e. The lowest BCUT2D eigenvalue weighted by Gasteiger charge is -2.35. The van der Waals surface area contributed by atoms with Gasteiger partial charge in [0, 0.05) is 56.9 Å². The highest BCUT2D eigenvalue weighted by molar-refractivity contribution is 5.87. The van der Waals surface area contributed by atoms with Gasteiger partial charge in [0.15, 0.2) is 0 Å². The van der Waals surface area contributed by atoms with Crippen LogP contribution in [0.3, 0.4) is 0 Å². The molecule has 5 rings (SSSR count). The minimum Gasteiger partial charge on any atom is -0.492 e. The molecule has 2 aliphatic rings. The number of nitrogens with zero attached hydrogens (tertiary/aromatic N) is 3. The van der Waals surface area contributed by atoms with Crippen molar-refractivity contribution in [2.75, 3.05) is 46.9 Å². The van der Waals surface area contributed by atoms with Crippen molar-refractivity contribution < 1.29 is 14.3 Å². The van der Waals surface area contributed by atoms with E-state index in [2.05, 4.69) is 21.3 Å². The summed E-state index contributed by atoms with van der Waals surface area (Å²) in [5.74, 6) is 1.35. The third-order valence-electron chi connectivity index (χ3n) is 6.77. The number of carbonyl (C=O) groups excluding carboxylic acids is 1. The molecule has 1 spiro atoms. The van der Waals surface area contributed by atoms with Gasteiger partial charge in [-0.15, -0.1) is 0 Å². The first-order valence-corrected chi connectivity index (χ1v) is 11.6. The van der Waals surface area contributed by atoms with Crippen LogP contribution in [-0.4, -0.2) is 67.8 Å². The second-order valence-electron chi connectivity index (χ2n) is 9.22. The summed E-state index contributed by atoms with van der Waals surface area (Å²) in [5, 5.41) is 13.8. The Morgan fingerprint density at radius 2 is 2.00 bits per heavy atom. The molecule has 0 saturated carbocycles. The molecule has 1 aromatic heterocycles. The van der Waals surface area contributed by atoms with Crippen LogP contribution in [-0.2, 0) is 12.0 Å². The Labute approximate surface area is 199 Å². The first-order valence-electron chi connectivity index (χ1n) is 11.6. The van der Waals surface area contributed by atoms with E-state index in [0.29, 0.717) is 17.9 Å². The van der Waals surface area contributed by atoms with Gasteiger partial charge in [0.2, 0.25) is 0 Å². The zero-order valence-electron chi connectivity index (χ0n) is 19.6.